The van der Waals surface area contributed by atoms with Crippen molar-refractivity contribution in [2.75, 3.05) is 13.9 Å². The molecule has 2 rings (SSSR count). The fourth-order valence-electron chi connectivity index (χ4n) is 2.33. The molecular formula is C15H20O6. The molecule has 0 amide bonds. The lowest BCUT2D eigenvalue weighted by atomic mass is 9.88. The van der Waals surface area contributed by atoms with Crippen molar-refractivity contribution in [3.05, 3.63) is 17.2 Å². The van der Waals surface area contributed by atoms with Crippen LogP contribution in [0.3, 0.4) is 0 Å². The zero-order valence-corrected chi connectivity index (χ0v) is 12.6. The largest absolute Gasteiger partial charge is 0.507 e. The van der Waals surface area contributed by atoms with Crippen LogP contribution >= 0.6 is 0 Å². The van der Waals surface area contributed by atoms with E-state index >= 15 is 0 Å². The summed E-state index contributed by atoms with van der Waals surface area (Å²) >= 11 is 0. The second kappa shape index (κ2) is 5.54. The predicted molar refractivity (Wildman–Crippen MR) is 75.0 cm³/mol. The molecule has 6 nitrogen and oxygen atoms in total. The van der Waals surface area contributed by atoms with E-state index < -0.39 is 11.7 Å². The number of benzene rings is 1. The third-order valence-electron chi connectivity index (χ3n) is 3.57. The van der Waals surface area contributed by atoms with Gasteiger partial charge in [0, 0.05) is 25.2 Å². The maximum absolute atomic E-state index is 11.8. The molecule has 1 atom stereocenters. The number of ketones is 1. The summed E-state index contributed by atoms with van der Waals surface area (Å²) in [5.41, 5.74) is -0.194. The minimum absolute atomic E-state index is 0.00914. The Kier molecular flexibility index (Phi) is 4.11. The quantitative estimate of drug-likeness (QED) is 0.649. The molecule has 0 aromatic heterocycles. The second-order valence-corrected chi connectivity index (χ2v) is 5.61. The molecule has 2 N–H and O–H groups in total. The summed E-state index contributed by atoms with van der Waals surface area (Å²) in [6, 6.07) is 1.35. The molecule has 0 bridgehead atoms. The number of carbonyl (C=O) groups excluding carboxylic acids is 1. The van der Waals surface area contributed by atoms with Gasteiger partial charge in [-0.15, -0.1) is 0 Å². The van der Waals surface area contributed by atoms with E-state index in [-0.39, 0.29) is 36.1 Å². The van der Waals surface area contributed by atoms with Crippen LogP contribution in [0.15, 0.2) is 6.07 Å². The Morgan fingerprint density at radius 2 is 2.19 bits per heavy atom. The number of phenolic OH excluding ortho intramolecular Hbond substituents is 1. The number of aromatic hydroxyl groups is 1. The Morgan fingerprint density at radius 3 is 2.76 bits per heavy atom. The molecule has 1 aromatic carbocycles. The highest BCUT2D eigenvalue weighted by molar-refractivity contribution is 6.00. The van der Waals surface area contributed by atoms with Crippen LogP contribution in [-0.2, 0) is 11.2 Å². The molecule has 116 valence electrons. The third-order valence-corrected chi connectivity index (χ3v) is 3.57. The summed E-state index contributed by atoms with van der Waals surface area (Å²) in [5.74, 6) is 0.0848. The van der Waals surface area contributed by atoms with Crippen molar-refractivity contribution in [2.24, 2.45) is 0 Å². The second-order valence-electron chi connectivity index (χ2n) is 5.61. The highest BCUT2D eigenvalue weighted by Gasteiger charge is 2.39. The Bertz CT molecular complexity index is 564. The lowest BCUT2D eigenvalue weighted by Crippen LogP contribution is -2.46. The predicted octanol–water partition coefficient (Wildman–Crippen LogP) is 1.65. The van der Waals surface area contributed by atoms with Crippen LogP contribution in [0.2, 0.25) is 0 Å². The summed E-state index contributed by atoms with van der Waals surface area (Å²) in [5, 5.41) is 20.2. The number of fused-ring (bicyclic) bond motifs is 1. The van der Waals surface area contributed by atoms with Crippen molar-refractivity contribution in [1.82, 2.24) is 0 Å². The van der Waals surface area contributed by atoms with Crippen LogP contribution in [-0.4, -0.2) is 41.6 Å². The molecule has 21 heavy (non-hydrogen) atoms. The van der Waals surface area contributed by atoms with E-state index in [2.05, 4.69) is 0 Å². The van der Waals surface area contributed by atoms with Gasteiger partial charge in [0.15, 0.2) is 12.6 Å². The molecule has 1 heterocycles. The number of aliphatic hydroxyl groups is 1. The molecule has 0 spiro atoms. The van der Waals surface area contributed by atoms with Crippen molar-refractivity contribution < 1.29 is 29.2 Å². The van der Waals surface area contributed by atoms with Gasteiger partial charge in [-0.1, -0.05) is 0 Å². The van der Waals surface area contributed by atoms with Crippen LogP contribution in [0.4, 0.5) is 0 Å². The zero-order valence-electron chi connectivity index (χ0n) is 12.6. The van der Waals surface area contributed by atoms with E-state index in [4.69, 9.17) is 14.2 Å². The third kappa shape index (κ3) is 2.82. The van der Waals surface area contributed by atoms with Crippen LogP contribution in [0, 0.1) is 0 Å². The van der Waals surface area contributed by atoms with Gasteiger partial charge in [-0.25, -0.2) is 0 Å². The van der Waals surface area contributed by atoms with Gasteiger partial charge in [-0.2, -0.15) is 0 Å². The number of aliphatic hydroxyl groups excluding tert-OH is 1. The molecule has 1 aliphatic heterocycles. The van der Waals surface area contributed by atoms with Crippen LogP contribution < -0.4 is 9.47 Å². The first-order chi connectivity index (χ1) is 9.77. The van der Waals surface area contributed by atoms with Crippen molar-refractivity contribution in [2.45, 2.75) is 38.9 Å². The lowest BCUT2D eigenvalue weighted by molar-refractivity contribution is -0.0431. The van der Waals surface area contributed by atoms with E-state index in [1.54, 1.807) is 13.8 Å². The molecule has 1 aromatic rings. The summed E-state index contributed by atoms with van der Waals surface area (Å²) in [7, 11) is 1.48. The highest BCUT2D eigenvalue weighted by Crippen LogP contribution is 2.45. The van der Waals surface area contributed by atoms with Crippen LogP contribution in [0.5, 0.6) is 17.2 Å². The Morgan fingerprint density at radius 1 is 1.52 bits per heavy atom. The molecule has 0 fully saturated rings. The number of phenols is 1. The average molecular weight is 296 g/mol. The van der Waals surface area contributed by atoms with Crippen molar-refractivity contribution in [1.29, 1.82) is 0 Å². The number of rotatable bonds is 4. The van der Waals surface area contributed by atoms with Gasteiger partial charge in [-0.3, -0.25) is 4.79 Å². The SMILES string of the molecule is COCOc1cc(O)c(C(C)=O)c2c1CC(O)C(C)(C)O2. The zero-order chi connectivity index (χ0) is 15.8. The molecule has 0 aliphatic carbocycles. The number of hydrogen-bond donors (Lipinski definition) is 2. The number of methoxy groups -OCH3 is 1. The Balaban J connectivity index is 2.60. The number of Topliss-reactive ketones (excluding diaryl/α,β-unsaturated/α-hetero) is 1. The number of carbonyl (C=O) groups is 1. The standard InChI is InChI=1S/C15H20O6/c1-8(16)13-10(17)6-11(20-7-19-4)9-5-12(18)15(2,3)21-14(9)13/h6,12,17-18H,5,7H2,1-4H3. The number of hydrogen-bond acceptors (Lipinski definition) is 6. The normalized spacial score (nSPS) is 19.6. The van der Waals surface area contributed by atoms with Gasteiger partial charge in [0.05, 0.1) is 6.10 Å². The van der Waals surface area contributed by atoms with Crippen LogP contribution in [0.25, 0.3) is 0 Å². The van der Waals surface area contributed by atoms with E-state index in [1.165, 1.54) is 20.1 Å². The van der Waals surface area contributed by atoms with E-state index in [9.17, 15) is 15.0 Å². The maximum Gasteiger partial charge on any atom is 0.188 e. The molecule has 1 unspecified atom stereocenters. The highest BCUT2D eigenvalue weighted by atomic mass is 16.7. The van der Waals surface area contributed by atoms with Gasteiger partial charge in [-0.05, 0) is 20.8 Å². The molecule has 0 saturated heterocycles. The van der Waals surface area contributed by atoms with Crippen molar-refractivity contribution in [3.8, 4) is 17.2 Å². The fraction of sp³-hybridized carbons (Fsp3) is 0.533. The number of ether oxygens (including phenoxy) is 3. The first-order valence-corrected chi connectivity index (χ1v) is 6.66. The lowest BCUT2D eigenvalue weighted by Gasteiger charge is -2.38. The summed E-state index contributed by atoms with van der Waals surface area (Å²) in [6.07, 6.45) is -0.485. The van der Waals surface area contributed by atoms with E-state index in [0.29, 0.717) is 11.3 Å². The monoisotopic (exact) mass is 296 g/mol. The smallest absolute Gasteiger partial charge is 0.188 e. The maximum atomic E-state index is 11.8. The van der Waals surface area contributed by atoms with E-state index in [0.717, 1.165) is 0 Å². The fourth-order valence-corrected chi connectivity index (χ4v) is 2.33. The van der Waals surface area contributed by atoms with Gasteiger partial charge in [0.25, 0.3) is 0 Å². The molecule has 0 radical (unpaired) electrons. The minimum atomic E-state index is -0.858. The average Bonchev–Trinajstić information content (AvgIpc) is 2.37. The molecular weight excluding hydrogens is 276 g/mol. The summed E-state index contributed by atoms with van der Waals surface area (Å²) in [6.45, 7) is 4.80. The molecule has 6 heteroatoms. The Hall–Kier alpha value is -1.79. The van der Waals surface area contributed by atoms with Gasteiger partial charge in [0.1, 0.15) is 28.4 Å². The first kappa shape index (κ1) is 15.6. The van der Waals surface area contributed by atoms with Crippen molar-refractivity contribution in [3.63, 3.8) is 0 Å². The van der Waals surface area contributed by atoms with Gasteiger partial charge < -0.3 is 24.4 Å². The summed E-state index contributed by atoms with van der Waals surface area (Å²) < 4.78 is 16.0. The molecule has 0 saturated carbocycles. The van der Waals surface area contributed by atoms with Crippen LogP contribution in [0.1, 0.15) is 36.7 Å². The van der Waals surface area contributed by atoms with Gasteiger partial charge >= 0.3 is 0 Å². The molecule has 1 aliphatic rings. The first-order valence-electron chi connectivity index (χ1n) is 6.66. The summed E-state index contributed by atoms with van der Waals surface area (Å²) in [4.78, 5) is 11.8. The van der Waals surface area contributed by atoms with Gasteiger partial charge in [0.2, 0.25) is 0 Å². The topological polar surface area (TPSA) is 85.2 Å². The van der Waals surface area contributed by atoms with Crippen molar-refractivity contribution >= 4 is 5.78 Å². The Labute approximate surface area is 123 Å². The van der Waals surface area contributed by atoms with E-state index in [1.807, 2.05) is 0 Å². The minimum Gasteiger partial charge on any atom is -0.507 e.